The van der Waals surface area contributed by atoms with Crippen LogP contribution in [0, 0.1) is 6.92 Å². The Morgan fingerprint density at radius 1 is 1.47 bits per heavy atom. The molecular weight excluding hydrogens is 196 g/mol. The van der Waals surface area contributed by atoms with Crippen molar-refractivity contribution in [1.29, 1.82) is 0 Å². The van der Waals surface area contributed by atoms with Gasteiger partial charge in [-0.15, -0.1) is 0 Å². The lowest BCUT2D eigenvalue weighted by atomic mass is 10.1. The van der Waals surface area contributed by atoms with Crippen molar-refractivity contribution in [2.24, 2.45) is 0 Å². The Bertz CT molecular complexity index is 346. The van der Waals surface area contributed by atoms with E-state index in [9.17, 15) is 4.79 Å². The Morgan fingerprint density at radius 3 is 2.80 bits per heavy atom. The summed E-state index contributed by atoms with van der Waals surface area (Å²) in [5.41, 5.74) is 1.11. The molecule has 4 nitrogen and oxygen atoms in total. The Labute approximate surface area is 88.1 Å². The third-order valence-corrected chi connectivity index (χ3v) is 1.97. The summed E-state index contributed by atoms with van der Waals surface area (Å²) < 4.78 is 4.91. The molecule has 4 heteroatoms. The first-order chi connectivity index (χ1) is 7.15. The SMILES string of the molecule is Cc1cc(O)ccc1C(=O)OCCCO. The van der Waals surface area contributed by atoms with E-state index in [-0.39, 0.29) is 19.0 Å². The molecule has 82 valence electrons. The zero-order valence-electron chi connectivity index (χ0n) is 8.56. The summed E-state index contributed by atoms with van der Waals surface area (Å²) in [6, 6.07) is 4.46. The molecular formula is C11H14O4. The summed E-state index contributed by atoms with van der Waals surface area (Å²) in [4.78, 5) is 11.5. The minimum atomic E-state index is -0.430. The van der Waals surface area contributed by atoms with Crippen LogP contribution in [-0.2, 0) is 4.74 Å². The van der Waals surface area contributed by atoms with E-state index in [1.807, 2.05) is 0 Å². The van der Waals surface area contributed by atoms with Crippen molar-refractivity contribution in [3.63, 3.8) is 0 Å². The van der Waals surface area contributed by atoms with Gasteiger partial charge in [0, 0.05) is 13.0 Å². The van der Waals surface area contributed by atoms with E-state index in [0.29, 0.717) is 17.5 Å². The fourth-order valence-electron chi connectivity index (χ4n) is 1.18. The van der Waals surface area contributed by atoms with Crippen molar-refractivity contribution in [1.82, 2.24) is 0 Å². The van der Waals surface area contributed by atoms with Crippen molar-refractivity contribution in [3.8, 4) is 5.75 Å². The van der Waals surface area contributed by atoms with Crippen LogP contribution in [0.1, 0.15) is 22.3 Å². The fourth-order valence-corrected chi connectivity index (χ4v) is 1.18. The first-order valence-electron chi connectivity index (χ1n) is 4.72. The predicted molar refractivity (Wildman–Crippen MR) is 54.8 cm³/mol. The lowest BCUT2D eigenvalue weighted by molar-refractivity contribution is 0.0481. The summed E-state index contributed by atoms with van der Waals surface area (Å²) in [6.07, 6.45) is 0.433. The lowest BCUT2D eigenvalue weighted by Gasteiger charge is -2.06. The van der Waals surface area contributed by atoms with Crippen LogP contribution in [0.2, 0.25) is 0 Å². The first-order valence-corrected chi connectivity index (χ1v) is 4.72. The Morgan fingerprint density at radius 2 is 2.20 bits per heavy atom. The number of carbonyl (C=O) groups is 1. The maximum atomic E-state index is 11.5. The number of ether oxygens (including phenoxy) is 1. The van der Waals surface area contributed by atoms with Crippen molar-refractivity contribution < 1.29 is 19.7 Å². The van der Waals surface area contributed by atoms with Gasteiger partial charge in [-0.3, -0.25) is 0 Å². The minimum Gasteiger partial charge on any atom is -0.508 e. The molecule has 0 unspecified atom stereocenters. The number of benzene rings is 1. The molecule has 1 aromatic rings. The quantitative estimate of drug-likeness (QED) is 0.579. The van der Waals surface area contributed by atoms with Crippen molar-refractivity contribution in [3.05, 3.63) is 29.3 Å². The number of hydrogen-bond acceptors (Lipinski definition) is 4. The van der Waals surface area contributed by atoms with Crippen molar-refractivity contribution >= 4 is 5.97 Å². The highest BCUT2D eigenvalue weighted by atomic mass is 16.5. The van der Waals surface area contributed by atoms with E-state index >= 15 is 0 Å². The van der Waals surface area contributed by atoms with E-state index in [0.717, 1.165) is 0 Å². The Kier molecular flexibility index (Phi) is 4.12. The van der Waals surface area contributed by atoms with E-state index in [1.165, 1.54) is 18.2 Å². The van der Waals surface area contributed by atoms with Crippen LogP contribution < -0.4 is 0 Å². The molecule has 0 saturated carbocycles. The van der Waals surface area contributed by atoms with Gasteiger partial charge in [0.1, 0.15) is 5.75 Å². The number of phenols is 1. The highest BCUT2D eigenvalue weighted by molar-refractivity contribution is 5.91. The largest absolute Gasteiger partial charge is 0.508 e. The van der Waals surface area contributed by atoms with Gasteiger partial charge in [-0.05, 0) is 30.7 Å². The molecule has 0 atom stereocenters. The zero-order chi connectivity index (χ0) is 11.3. The molecule has 0 fully saturated rings. The molecule has 15 heavy (non-hydrogen) atoms. The van der Waals surface area contributed by atoms with Gasteiger partial charge in [0.25, 0.3) is 0 Å². The third kappa shape index (κ3) is 3.25. The molecule has 0 amide bonds. The maximum Gasteiger partial charge on any atom is 0.338 e. The van der Waals surface area contributed by atoms with Gasteiger partial charge in [-0.25, -0.2) is 4.79 Å². The van der Waals surface area contributed by atoms with Crippen LogP contribution >= 0.6 is 0 Å². The monoisotopic (exact) mass is 210 g/mol. The number of aromatic hydroxyl groups is 1. The number of aliphatic hydroxyl groups excluding tert-OH is 1. The molecule has 0 aromatic heterocycles. The third-order valence-electron chi connectivity index (χ3n) is 1.97. The second-order valence-corrected chi connectivity index (χ2v) is 3.21. The van der Waals surface area contributed by atoms with Crippen LogP contribution in [0.25, 0.3) is 0 Å². The minimum absolute atomic E-state index is 0.00183. The molecule has 0 aliphatic carbocycles. The van der Waals surface area contributed by atoms with Crippen molar-refractivity contribution in [2.75, 3.05) is 13.2 Å². The van der Waals surface area contributed by atoms with Gasteiger partial charge in [0.15, 0.2) is 0 Å². The number of rotatable bonds is 4. The van der Waals surface area contributed by atoms with Gasteiger partial charge in [0.2, 0.25) is 0 Å². The summed E-state index contributed by atoms with van der Waals surface area (Å²) in [5.74, 6) is -0.305. The Hall–Kier alpha value is -1.55. The predicted octanol–water partition coefficient (Wildman–Crippen LogP) is 1.24. The van der Waals surface area contributed by atoms with Gasteiger partial charge >= 0.3 is 5.97 Å². The molecule has 0 aliphatic rings. The smallest absolute Gasteiger partial charge is 0.338 e. The molecule has 0 aliphatic heterocycles. The van der Waals surface area contributed by atoms with E-state index in [4.69, 9.17) is 14.9 Å². The van der Waals surface area contributed by atoms with Gasteiger partial charge in [0.05, 0.1) is 12.2 Å². The van der Waals surface area contributed by atoms with Gasteiger partial charge in [-0.1, -0.05) is 0 Å². The van der Waals surface area contributed by atoms with Crippen LogP contribution in [0.5, 0.6) is 5.75 Å². The summed E-state index contributed by atoms with van der Waals surface area (Å²) in [7, 11) is 0. The molecule has 0 radical (unpaired) electrons. The zero-order valence-corrected chi connectivity index (χ0v) is 8.56. The molecule has 2 N–H and O–H groups in total. The number of phenolic OH excluding ortho intramolecular Hbond substituents is 1. The summed E-state index contributed by atoms with van der Waals surface area (Å²) in [6.45, 7) is 1.93. The molecule has 0 saturated heterocycles. The average Bonchev–Trinajstić information content (AvgIpc) is 2.17. The van der Waals surface area contributed by atoms with E-state index < -0.39 is 5.97 Å². The Balaban J connectivity index is 2.65. The highest BCUT2D eigenvalue weighted by Crippen LogP contribution is 2.16. The first kappa shape index (κ1) is 11.5. The maximum absolute atomic E-state index is 11.5. The number of esters is 1. The molecule has 0 heterocycles. The normalized spacial score (nSPS) is 10.0. The number of aliphatic hydroxyl groups is 1. The van der Waals surface area contributed by atoms with Crippen molar-refractivity contribution in [2.45, 2.75) is 13.3 Å². The van der Waals surface area contributed by atoms with E-state index in [2.05, 4.69) is 0 Å². The highest BCUT2D eigenvalue weighted by Gasteiger charge is 2.10. The van der Waals surface area contributed by atoms with Crippen LogP contribution in [0.4, 0.5) is 0 Å². The topological polar surface area (TPSA) is 66.8 Å². The molecule has 0 bridgehead atoms. The standard InChI is InChI=1S/C11H14O4/c1-8-7-9(13)3-4-10(8)11(14)15-6-2-5-12/h3-4,7,12-13H,2,5-6H2,1H3. The van der Waals surface area contributed by atoms with Gasteiger partial charge in [-0.2, -0.15) is 0 Å². The second-order valence-electron chi connectivity index (χ2n) is 3.21. The van der Waals surface area contributed by atoms with Crippen LogP contribution in [0.3, 0.4) is 0 Å². The molecule has 1 aromatic carbocycles. The van der Waals surface area contributed by atoms with Crippen LogP contribution in [-0.4, -0.2) is 29.4 Å². The average molecular weight is 210 g/mol. The molecule has 1 rings (SSSR count). The lowest BCUT2D eigenvalue weighted by Crippen LogP contribution is -2.08. The summed E-state index contributed by atoms with van der Waals surface area (Å²) >= 11 is 0. The fraction of sp³-hybridized carbons (Fsp3) is 0.364. The number of aryl methyl sites for hydroxylation is 1. The molecule has 0 spiro atoms. The number of hydrogen-bond donors (Lipinski definition) is 2. The number of carbonyl (C=O) groups excluding carboxylic acids is 1. The van der Waals surface area contributed by atoms with Crippen LogP contribution in [0.15, 0.2) is 18.2 Å². The second kappa shape index (κ2) is 5.36. The summed E-state index contributed by atoms with van der Waals surface area (Å²) in [5, 5.41) is 17.7. The van der Waals surface area contributed by atoms with E-state index in [1.54, 1.807) is 6.92 Å². The van der Waals surface area contributed by atoms with Gasteiger partial charge < -0.3 is 14.9 Å².